The van der Waals surface area contributed by atoms with Gasteiger partial charge in [0.1, 0.15) is 5.75 Å². The Balaban J connectivity index is 2.54. The highest BCUT2D eigenvalue weighted by Crippen LogP contribution is 2.35. The Bertz CT molecular complexity index is 470. The molecule has 2 rings (SSSR count). The highest BCUT2D eigenvalue weighted by atomic mass is 16.5. The Morgan fingerprint density at radius 3 is 3.00 bits per heavy atom. The van der Waals surface area contributed by atoms with Crippen LogP contribution in [0, 0.1) is 0 Å². The number of phenols is 1. The summed E-state index contributed by atoms with van der Waals surface area (Å²) < 4.78 is 5.15. The normalized spacial score (nSPS) is 13.7. The summed E-state index contributed by atoms with van der Waals surface area (Å²) >= 11 is 0. The van der Waals surface area contributed by atoms with Gasteiger partial charge in [-0.1, -0.05) is 0 Å². The van der Waals surface area contributed by atoms with Gasteiger partial charge >= 0.3 is 0 Å². The molecule has 16 heavy (non-hydrogen) atoms. The zero-order valence-corrected chi connectivity index (χ0v) is 8.32. The zero-order valence-electron chi connectivity index (χ0n) is 8.32. The first-order valence-electron chi connectivity index (χ1n) is 4.64. The molecule has 1 aromatic rings. The number of nitrogens with two attached hydrogens (primary N) is 1. The van der Waals surface area contributed by atoms with E-state index in [1.54, 1.807) is 0 Å². The van der Waals surface area contributed by atoms with Crippen molar-refractivity contribution in [1.29, 1.82) is 0 Å². The van der Waals surface area contributed by atoms with E-state index in [-0.39, 0.29) is 47.6 Å². The fourth-order valence-corrected chi connectivity index (χ4v) is 1.50. The van der Waals surface area contributed by atoms with Crippen LogP contribution in [0.25, 0.3) is 0 Å². The lowest BCUT2D eigenvalue weighted by Gasteiger charge is -2.20. The van der Waals surface area contributed by atoms with Crippen molar-refractivity contribution in [2.24, 2.45) is 5.73 Å². The van der Waals surface area contributed by atoms with Gasteiger partial charge in [0.25, 0.3) is 5.91 Å². The van der Waals surface area contributed by atoms with E-state index in [0.717, 1.165) is 0 Å². The number of nitrogens with one attached hydrogen (secondary N) is 1. The lowest BCUT2D eigenvalue weighted by Crippen LogP contribution is -2.27. The molecule has 4 N–H and O–H groups in total. The van der Waals surface area contributed by atoms with Crippen molar-refractivity contribution in [3.8, 4) is 11.5 Å². The van der Waals surface area contributed by atoms with E-state index in [0.29, 0.717) is 0 Å². The molecule has 0 fully saturated rings. The van der Waals surface area contributed by atoms with E-state index in [2.05, 4.69) is 5.32 Å². The summed E-state index contributed by atoms with van der Waals surface area (Å²) in [5.41, 5.74) is 5.70. The van der Waals surface area contributed by atoms with Gasteiger partial charge in [0.15, 0.2) is 18.1 Å². The quantitative estimate of drug-likeness (QED) is 0.605. The van der Waals surface area contributed by atoms with E-state index < -0.39 is 0 Å². The highest BCUT2D eigenvalue weighted by molar-refractivity contribution is 6.05. The van der Waals surface area contributed by atoms with Gasteiger partial charge in [-0.2, -0.15) is 0 Å². The summed E-state index contributed by atoms with van der Waals surface area (Å²) in [6, 6.07) is 2.59. The van der Waals surface area contributed by atoms with Gasteiger partial charge in [0.2, 0.25) is 0 Å². The predicted octanol–water partition coefficient (Wildman–Crippen LogP) is -0.136. The van der Waals surface area contributed by atoms with Crippen molar-refractivity contribution in [2.75, 3.05) is 18.5 Å². The van der Waals surface area contributed by atoms with Crippen LogP contribution in [0.3, 0.4) is 0 Å². The molecule has 1 aliphatic heterocycles. The molecule has 1 aliphatic rings. The maximum absolute atomic E-state index is 11.5. The van der Waals surface area contributed by atoms with Crippen LogP contribution in [-0.2, 0) is 4.79 Å². The van der Waals surface area contributed by atoms with Crippen molar-refractivity contribution < 1.29 is 19.4 Å². The zero-order chi connectivity index (χ0) is 11.7. The van der Waals surface area contributed by atoms with Gasteiger partial charge in [0.05, 0.1) is 17.8 Å². The van der Waals surface area contributed by atoms with Crippen molar-refractivity contribution in [2.45, 2.75) is 0 Å². The Kier molecular flexibility index (Phi) is 2.49. The Morgan fingerprint density at radius 2 is 2.31 bits per heavy atom. The van der Waals surface area contributed by atoms with Crippen LogP contribution in [0.4, 0.5) is 5.69 Å². The SMILES string of the molecule is NCC(=O)c1cc(O)cc2c1OCC(=O)N2. The Morgan fingerprint density at radius 1 is 1.56 bits per heavy atom. The molecule has 6 nitrogen and oxygen atoms in total. The standard InChI is InChI=1S/C10H10N2O4/c11-3-8(14)6-1-5(13)2-7-10(6)16-4-9(15)12-7/h1-2,13H,3-4,11H2,(H,12,15). The summed E-state index contributed by atoms with van der Waals surface area (Å²) in [4.78, 5) is 22.6. The molecule has 6 heteroatoms. The van der Waals surface area contributed by atoms with E-state index in [1.165, 1.54) is 12.1 Å². The van der Waals surface area contributed by atoms with Crippen molar-refractivity contribution in [3.63, 3.8) is 0 Å². The molecule has 0 radical (unpaired) electrons. The fraction of sp³-hybridized carbons (Fsp3) is 0.200. The summed E-state index contributed by atoms with van der Waals surface area (Å²) in [7, 11) is 0. The van der Waals surface area contributed by atoms with Crippen molar-refractivity contribution in [1.82, 2.24) is 0 Å². The second-order valence-corrected chi connectivity index (χ2v) is 3.33. The number of fused-ring (bicyclic) bond motifs is 1. The number of phenolic OH excluding ortho intramolecular Hbond substituents is 1. The number of anilines is 1. The van der Waals surface area contributed by atoms with E-state index in [4.69, 9.17) is 10.5 Å². The number of carbonyl (C=O) groups is 2. The first-order chi connectivity index (χ1) is 7.61. The second-order valence-electron chi connectivity index (χ2n) is 3.33. The number of hydrogen-bond acceptors (Lipinski definition) is 5. The van der Waals surface area contributed by atoms with Gasteiger partial charge in [-0.3, -0.25) is 9.59 Å². The molecular weight excluding hydrogens is 212 g/mol. The van der Waals surface area contributed by atoms with Crippen LogP contribution in [0.1, 0.15) is 10.4 Å². The van der Waals surface area contributed by atoms with Crippen LogP contribution in [-0.4, -0.2) is 29.9 Å². The Labute approximate surface area is 91.0 Å². The van der Waals surface area contributed by atoms with Gasteiger partial charge in [-0.05, 0) is 6.07 Å². The summed E-state index contributed by atoms with van der Waals surface area (Å²) in [5, 5.41) is 11.9. The average molecular weight is 222 g/mol. The summed E-state index contributed by atoms with van der Waals surface area (Å²) in [5.74, 6) is -0.554. The molecule has 0 saturated carbocycles. The molecule has 84 valence electrons. The van der Waals surface area contributed by atoms with Crippen LogP contribution >= 0.6 is 0 Å². The number of Topliss-reactive ketones (excluding diaryl/α,β-unsaturated/α-hetero) is 1. The molecule has 0 atom stereocenters. The molecule has 0 saturated heterocycles. The minimum absolute atomic E-state index is 0.124. The molecular formula is C10H10N2O4. The van der Waals surface area contributed by atoms with Gasteiger partial charge in [-0.25, -0.2) is 0 Å². The first kappa shape index (κ1) is 10.4. The maximum Gasteiger partial charge on any atom is 0.262 e. The van der Waals surface area contributed by atoms with E-state index in [9.17, 15) is 14.7 Å². The second kappa shape index (κ2) is 3.82. The van der Waals surface area contributed by atoms with Gasteiger partial charge in [0, 0.05) is 6.07 Å². The molecule has 1 aromatic carbocycles. The first-order valence-corrected chi connectivity index (χ1v) is 4.64. The number of rotatable bonds is 2. The summed E-state index contributed by atoms with van der Waals surface area (Å²) in [6.45, 7) is -0.337. The number of hydrogen-bond donors (Lipinski definition) is 3. The number of benzene rings is 1. The monoisotopic (exact) mass is 222 g/mol. The third-order valence-electron chi connectivity index (χ3n) is 2.18. The van der Waals surface area contributed by atoms with Crippen LogP contribution in [0.15, 0.2) is 12.1 Å². The highest BCUT2D eigenvalue weighted by Gasteiger charge is 2.23. The largest absolute Gasteiger partial charge is 0.508 e. The van der Waals surface area contributed by atoms with Crippen LogP contribution in [0.5, 0.6) is 11.5 Å². The lowest BCUT2D eigenvalue weighted by atomic mass is 10.1. The third-order valence-corrected chi connectivity index (χ3v) is 2.18. The smallest absolute Gasteiger partial charge is 0.262 e. The van der Waals surface area contributed by atoms with Gasteiger partial charge < -0.3 is 20.9 Å². The maximum atomic E-state index is 11.5. The van der Waals surface area contributed by atoms with E-state index in [1.807, 2.05) is 0 Å². The number of ether oxygens (including phenoxy) is 1. The number of carbonyl (C=O) groups excluding carboxylic acids is 2. The number of amides is 1. The molecule has 1 heterocycles. The molecule has 0 aromatic heterocycles. The number of ketones is 1. The average Bonchev–Trinajstić information content (AvgIpc) is 2.26. The van der Waals surface area contributed by atoms with Crippen molar-refractivity contribution in [3.05, 3.63) is 17.7 Å². The topological polar surface area (TPSA) is 102 Å². The molecule has 0 unspecified atom stereocenters. The Hall–Kier alpha value is -2.08. The molecule has 0 spiro atoms. The number of aromatic hydroxyl groups is 1. The minimum Gasteiger partial charge on any atom is -0.508 e. The third kappa shape index (κ3) is 1.70. The van der Waals surface area contributed by atoms with Crippen LogP contribution in [0.2, 0.25) is 0 Å². The van der Waals surface area contributed by atoms with E-state index >= 15 is 0 Å². The predicted molar refractivity (Wildman–Crippen MR) is 55.6 cm³/mol. The van der Waals surface area contributed by atoms with Gasteiger partial charge in [-0.15, -0.1) is 0 Å². The minimum atomic E-state index is -0.358. The lowest BCUT2D eigenvalue weighted by molar-refractivity contribution is -0.118. The van der Waals surface area contributed by atoms with Crippen LogP contribution < -0.4 is 15.8 Å². The fourth-order valence-electron chi connectivity index (χ4n) is 1.50. The summed E-state index contributed by atoms with van der Waals surface area (Å²) in [6.07, 6.45) is 0. The molecule has 0 aliphatic carbocycles. The molecule has 1 amide bonds. The molecule has 0 bridgehead atoms. The van der Waals surface area contributed by atoms with Crippen molar-refractivity contribution >= 4 is 17.4 Å².